The summed E-state index contributed by atoms with van der Waals surface area (Å²) in [7, 11) is -2.73. The van der Waals surface area contributed by atoms with Crippen molar-refractivity contribution in [2.24, 2.45) is 11.8 Å². The molecule has 3 rings (SSSR count). The van der Waals surface area contributed by atoms with E-state index in [1.165, 1.54) is 25.7 Å². The van der Waals surface area contributed by atoms with Crippen molar-refractivity contribution in [3.05, 3.63) is 0 Å². The molecule has 16 heavy (non-hydrogen) atoms. The van der Waals surface area contributed by atoms with Gasteiger partial charge in [0.2, 0.25) is 0 Å². The highest BCUT2D eigenvalue weighted by Gasteiger charge is 2.41. The summed E-state index contributed by atoms with van der Waals surface area (Å²) in [6.45, 7) is 0. The van der Waals surface area contributed by atoms with E-state index >= 15 is 0 Å². The average Bonchev–Trinajstić information content (AvgIpc) is 2.59. The second-order valence-electron chi connectivity index (χ2n) is 5.81. The van der Waals surface area contributed by atoms with Crippen molar-refractivity contribution in [3.63, 3.8) is 0 Å². The van der Waals surface area contributed by atoms with E-state index < -0.39 is 9.84 Å². The predicted molar refractivity (Wildman–Crippen MR) is 64.0 cm³/mol. The van der Waals surface area contributed by atoms with E-state index in [0.29, 0.717) is 29.4 Å². The molecular weight excluding hydrogens is 222 g/mol. The molecule has 2 bridgehead atoms. The topological polar surface area (TPSA) is 46.2 Å². The van der Waals surface area contributed by atoms with Crippen LogP contribution in [0.25, 0.3) is 0 Å². The predicted octanol–water partition coefficient (Wildman–Crippen LogP) is 1.34. The van der Waals surface area contributed by atoms with Crippen molar-refractivity contribution in [1.29, 1.82) is 0 Å². The van der Waals surface area contributed by atoms with Gasteiger partial charge in [-0.1, -0.05) is 0 Å². The van der Waals surface area contributed by atoms with Gasteiger partial charge >= 0.3 is 0 Å². The Morgan fingerprint density at radius 3 is 2.62 bits per heavy atom. The van der Waals surface area contributed by atoms with Crippen LogP contribution in [0.1, 0.15) is 38.5 Å². The van der Waals surface area contributed by atoms with Crippen LogP contribution < -0.4 is 5.32 Å². The zero-order valence-corrected chi connectivity index (χ0v) is 10.5. The number of rotatable bonds is 1. The first kappa shape index (κ1) is 11.0. The van der Waals surface area contributed by atoms with E-state index in [9.17, 15) is 8.42 Å². The smallest absolute Gasteiger partial charge is 0.150 e. The van der Waals surface area contributed by atoms with Crippen LogP contribution in [0, 0.1) is 11.8 Å². The molecule has 3 nitrogen and oxygen atoms in total. The minimum Gasteiger partial charge on any atom is -0.311 e. The average molecular weight is 243 g/mol. The lowest BCUT2D eigenvalue weighted by Crippen LogP contribution is -2.45. The Labute approximate surface area is 97.9 Å². The maximum Gasteiger partial charge on any atom is 0.150 e. The van der Waals surface area contributed by atoms with Gasteiger partial charge in [-0.2, -0.15) is 0 Å². The fraction of sp³-hybridized carbons (Fsp3) is 1.00. The lowest BCUT2D eigenvalue weighted by Gasteiger charge is -2.37. The maximum absolute atomic E-state index is 11.7. The molecule has 0 aliphatic carbocycles. The molecule has 3 fully saturated rings. The van der Waals surface area contributed by atoms with Crippen molar-refractivity contribution in [3.8, 4) is 0 Å². The molecule has 0 aromatic carbocycles. The van der Waals surface area contributed by atoms with E-state index in [1.807, 2.05) is 0 Å². The number of hydrogen-bond acceptors (Lipinski definition) is 3. The largest absolute Gasteiger partial charge is 0.311 e. The van der Waals surface area contributed by atoms with Crippen LogP contribution in [-0.2, 0) is 9.84 Å². The lowest BCUT2D eigenvalue weighted by atomic mass is 9.79. The summed E-state index contributed by atoms with van der Waals surface area (Å²) in [6.07, 6.45) is 7.11. The highest BCUT2D eigenvalue weighted by atomic mass is 32.2. The summed E-state index contributed by atoms with van der Waals surface area (Å²) in [5.74, 6) is 1.96. The van der Waals surface area contributed by atoms with Crippen LogP contribution >= 0.6 is 0 Å². The number of nitrogens with one attached hydrogen (secondary N) is 1. The molecule has 0 spiro atoms. The fourth-order valence-electron chi connectivity index (χ4n) is 3.97. The zero-order valence-electron chi connectivity index (χ0n) is 9.69. The zero-order chi connectivity index (χ0) is 11.2. The molecule has 1 N–H and O–H groups in total. The third-order valence-electron chi connectivity index (χ3n) is 4.74. The molecule has 0 aromatic heterocycles. The maximum atomic E-state index is 11.7. The quantitative estimate of drug-likeness (QED) is 0.756. The Morgan fingerprint density at radius 2 is 1.81 bits per heavy atom. The summed E-state index contributed by atoms with van der Waals surface area (Å²) in [4.78, 5) is 0. The van der Waals surface area contributed by atoms with Crippen LogP contribution in [0.4, 0.5) is 0 Å². The van der Waals surface area contributed by atoms with E-state index in [1.54, 1.807) is 0 Å². The summed E-state index contributed by atoms with van der Waals surface area (Å²) >= 11 is 0. The van der Waals surface area contributed by atoms with Crippen LogP contribution in [0.2, 0.25) is 0 Å². The number of hydrogen-bond donors (Lipinski definition) is 1. The van der Waals surface area contributed by atoms with Crippen molar-refractivity contribution in [1.82, 2.24) is 5.32 Å². The second kappa shape index (κ2) is 3.98. The first-order valence-electron chi connectivity index (χ1n) is 6.60. The molecule has 3 aliphatic heterocycles. The molecule has 3 saturated heterocycles. The molecule has 4 atom stereocenters. The molecule has 0 aromatic rings. The third-order valence-corrected chi connectivity index (χ3v) is 6.59. The van der Waals surface area contributed by atoms with Gasteiger partial charge in [-0.05, 0) is 50.4 Å². The number of fused-ring (bicyclic) bond motifs is 2. The van der Waals surface area contributed by atoms with E-state index in [0.717, 1.165) is 18.9 Å². The van der Waals surface area contributed by atoms with Gasteiger partial charge in [0.25, 0.3) is 0 Å². The van der Waals surface area contributed by atoms with Crippen molar-refractivity contribution in [2.45, 2.75) is 50.6 Å². The van der Waals surface area contributed by atoms with Gasteiger partial charge in [0.05, 0.1) is 11.5 Å². The summed E-state index contributed by atoms with van der Waals surface area (Å²) in [6, 6.07) is 1.36. The normalized spacial score (nSPS) is 46.8. The Bertz CT molecular complexity index is 365. The van der Waals surface area contributed by atoms with Gasteiger partial charge < -0.3 is 5.32 Å². The minimum atomic E-state index is -2.73. The molecule has 0 amide bonds. The van der Waals surface area contributed by atoms with Crippen LogP contribution in [0.5, 0.6) is 0 Å². The first-order chi connectivity index (χ1) is 7.64. The van der Waals surface area contributed by atoms with Crippen molar-refractivity contribution >= 4 is 9.84 Å². The molecule has 0 radical (unpaired) electrons. The van der Waals surface area contributed by atoms with Gasteiger partial charge in [-0.25, -0.2) is 8.42 Å². The van der Waals surface area contributed by atoms with E-state index in [-0.39, 0.29) is 0 Å². The highest BCUT2D eigenvalue weighted by Crippen LogP contribution is 2.39. The summed E-state index contributed by atoms with van der Waals surface area (Å²) in [5.41, 5.74) is 0. The van der Waals surface area contributed by atoms with Crippen LogP contribution in [-0.4, -0.2) is 32.0 Å². The van der Waals surface area contributed by atoms with Gasteiger partial charge in [0, 0.05) is 12.1 Å². The van der Waals surface area contributed by atoms with Crippen molar-refractivity contribution < 1.29 is 8.42 Å². The summed E-state index contributed by atoms with van der Waals surface area (Å²) < 4.78 is 23.4. The Balaban J connectivity index is 1.72. The molecule has 92 valence electrons. The van der Waals surface area contributed by atoms with E-state index in [2.05, 4.69) is 5.32 Å². The van der Waals surface area contributed by atoms with Crippen LogP contribution in [0.15, 0.2) is 0 Å². The van der Waals surface area contributed by atoms with Gasteiger partial charge in [0.1, 0.15) is 0 Å². The SMILES string of the molecule is O=S1(=O)CCCC(C2CCC3CCC2N3)C1. The Hall–Kier alpha value is -0.0900. The van der Waals surface area contributed by atoms with Crippen LogP contribution in [0.3, 0.4) is 0 Å². The summed E-state index contributed by atoms with van der Waals surface area (Å²) in [5, 5.41) is 3.67. The highest BCUT2D eigenvalue weighted by molar-refractivity contribution is 7.91. The third kappa shape index (κ3) is 2.02. The first-order valence-corrected chi connectivity index (χ1v) is 8.43. The number of piperidine rings is 1. The fourth-order valence-corrected chi connectivity index (χ4v) is 5.81. The monoisotopic (exact) mass is 243 g/mol. The molecule has 4 unspecified atom stereocenters. The van der Waals surface area contributed by atoms with Crippen molar-refractivity contribution in [2.75, 3.05) is 11.5 Å². The molecule has 3 heterocycles. The Kier molecular flexibility index (Phi) is 2.75. The molecule has 4 heteroatoms. The van der Waals surface area contributed by atoms with E-state index in [4.69, 9.17) is 0 Å². The standard InChI is InChI=1S/C12H21NO2S/c14-16(15)7-1-2-9(8-16)11-5-3-10-4-6-12(11)13-10/h9-13H,1-8H2. The minimum absolute atomic E-state index is 0.428. The van der Waals surface area contributed by atoms with Gasteiger partial charge in [-0.15, -0.1) is 0 Å². The lowest BCUT2D eigenvalue weighted by molar-refractivity contribution is 0.205. The molecule has 3 aliphatic rings. The molecule has 0 saturated carbocycles. The Morgan fingerprint density at radius 1 is 1.00 bits per heavy atom. The van der Waals surface area contributed by atoms with Gasteiger partial charge in [0.15, 0.2) is 9.84 Å². The number of sulfone groups is 1. The molecular formula is C12H21NO2S. The van der Waals surface area contributed by atoms with Gasteiger partial charge in [-0.3, -0.25) is 0 Å². The second-order valence-corrected chi connectivity index (χ2v) is 8.03.